The molecule has 9 heteroatoms. The molecule has 0 aromatic rings. The van der Waals surface area contributed by atoms with Crippen LogP contribution in [0.4, 0.5) is 4.79 Å². The van der Waals surface area contributed by atoms with Gasteiger partial charge in [-0.3, -0.25) is 9.69 Å². The summed E-state index contributed by atoms with van der Waals surface area (Å²) in [6.07, 6.45) is 0. The number of carbonyl (C=O) groups excluding carboxylic acids is 3. The highest BCUT2D eigenvalue weighted by atomic mass is 16.5. The first-order chi connectivity index (χ1) is 8.86. The third-order valence-electron chi connectivity index (χ3n) is 2.62. The average Bonchev–Trinajstić information content (AvgIpc) is 2.36. The molecule has 0 aliphatic carbocycles. The lowest BCUT2D eigenvalue weighted by molar-refractivity contribution is -0.144. The van der Waals surface area contributed by atoms with Crippen LogP contribution in [0.2, 0.25) is 0 Å². The molecule has 3 amide bonds. The zero-order valence-corrected chi connectivity index (χ0v) is 10.5. The maximum atomic E-state index is 11.9. The highest BCUT2D eigenvalue weighted by Crippen LogP contribution is 2.05. The molecular formula is C10H15N3O6. The molecule has 106 valence electrons. The normalized spacial score (nSPS) is 20.2. The Labute approximate surface area is 108 Å². The number of carbonyl (C=O) groups is 4. The van der Waals surface area contributed by atoms with E-state index in [0.717, 1.165) is 4.90 Å². The van der Waals surface area contributed by atoms with Crippen LogP contribution >= 0.6 is 0 Å². The van der Waals surface area contributed by atoms with Crippen LogP contribution in [0.1, 0.15) is 6.92 Å². The number of urea groups is 1. The van der Waals surface area contributed by atoms with E-state index in [9.17, 15) is 19.2 Å². The van der Waals surface area contributed by atoms with Crippen molar-refractivity contribution in [1.29, 1.82) is 0 Å². The lowest BCUT2D eigenvalue weighted by Crippen LogP contribution is -2.62. The molecule has 0 saturated carbocycles. The Morgan fingerprint density at radius 3 is 2.68 bits per heavy atom. The Morgan fingerprint density at radius 1 is 1.53 bits per heavy atom. The van der Waals surface area contributed by atoms with Crippen LogP contribution in [0.5, 0.6) is 0 Å². The van der Waals surface area contributed by atoms with Crippen molar-refractivity contribution in [3.05, 3.63) is 0 Å². The van der Waals surface area contributed by atoms with Crippen LogP contribution in [0.3, 0.4) is 0 Å². The topological polar surface area (TPSA) is 125 Å². The number of amides is 3. The number of nitrogens with zero attached hydrogens (tertiary/aromatic N) is 1. The van der Waals surface area contributed by atoms with E-state index in [1.54, 1.807) is 0 Å². The second kappa shape index (κ2) is 6.03. The predicted molar refractivity (Wildman–Crippen MR) is 61.1 cm³/mol. The van der Waals surface area contributed by atoms with Gasteiger partial charge in [-0.1, -0.05) is 0 Å². The Kier molecular flexibility index (Phi) is 4.67. The summed E-state index contributed by atoms with van der Waals surface area (Å²) >= 11 is 0. The van der Waals surface area contributed by atoms with Crippen molar-refractivity contribution in [2.24, 2.45) is 0 Å². The maximum absolute atomic E-state index is 11.9. The zero-order chi connectivity index (χ0) is 14.6. The van der Waals surface area contributed by atoms with Gasteiger partial charge in [-0.05, 0) is 6.92 Å². The molecule has 0 aromatic heterocycles. The number of aliphatic carboxylic acids is 1. The van der Waals surface area contributed by atoms with Crippen molar-refractivity contribution in [2.75, 3.05) is 20.2 Å². The van der Waals surface area contributed by atoms with Gasteiger partial charge in [0.15, 0.2) is 0 Å². The number of ether oxygens (including phenoxy) is 1. The number of rotatable bonds is 3. The quantitative estimate of drug-likeness (QED) is 0.518. The Bertz CT molecular complexity index is 410. The molecule has 1 aliphatic rings. The molecule has 2 atom stereocenters. The maximum Gasteiger partial charge on any atom is 0.328 e. The minimum absolute atomic E-state index is 0.172. The summed E-state index contributed by atoms with van der Waals surface area (Å²) in [5.41, 5.74) is 0. The summed E-state index contributed by atoms with van der Waals surface area (Å²) in [5.74, 6) is -2.36. The number of methoxy groups -OCH3 is 1. The van der Waals surface area contributed by atoms with Crippen LogP contribution in [0.25, 0.3) is 0 Å². The van der Waals surface area contributed by atoms with Crippen molar-refractivity contribution in [1.82, 2.24) is 15.5 Å². The van der Waals surface area contributed by atoms with E-state index in [1.165, 1.54) is 14.0 Å². The smallest absolute Gasteiger partial charge is 0.328 e. The molecule has 0 bridgehead atoms. The average molecular weight is 273 g/mol. The van der Waals surface area contributed by atoms with E-state index in [2.05, 4.69) is 15.4 Å². The molecule has 0 radical (unpaired) electrons. The van der Waals surface area contributed by atoms with Crippen molar-refractivity contribution in [2.45, 2.75) is 19.0 Å². The Morgan fingerprint density at radius 2 is 2.16 bits per heavy atom. The molecule has 1 heterocycles. The van der Waals surface area contributed by atoms with Crippen molar-refractivity contribution >= 4 is 23.9 Å². The van der Waals surface area contributed by atoms with E-state index in [-0.39, 0.29) is 13.1 Å². The molecule has 1 fully saturated rings. The summed E-state index contributed by atoms with van der Waals surface area (Å²) in [6.45, 7) is 0.842. The SMILES string of the molecule is COC(=O)C(C)NC(=O)N1CC(=O)NCC1C(=O)O. The molecule has 19 heavy (non-hydrogen) atoms. The Balaban J connectivity index is 2.73. The fraction of sp³-hybridized carbons (Fsp3) is 0.600. The van der Waals surface area contributed by atoms with Gasteiger partial charge >= 0.3 is 18.0 Å². The van der Waals surface area contributed by atoms with Crippen LogP contribution in [-0.2, 0) is 19.1 Å². The Hall–Kier alpha value is -2.32. The number of carboxylic acids is 1. The first kappa shape index (κ1) is 14.7. The summed E-state index contributed by atoms with van der Waals surface area (Å²) in [4.78, 5) is 46.1. The van der Waals surface area contributed by atoms with Crippen LogP contribution in [0.15, 0.2) is 0 Å². The minimum atomic E-state index is -1.24. The lowest BCUT2D eigenvalue weighted by Gasteiger charge is -2.33. The van der Waals surface area contributed by atoms with Crippen LogP contribution < -0.4 is 10.6 Å². The van der Waals surface area contributed by atoms with Crippen molar-refractivity contribution < 1.29 is 29.0 Å². The van der Waals surface area contributed by atoms with Crippen LogP contribution in [-0.4, -0.2) is 66.2 Å². The number of piperazine rings is 1. The lowest BCUT2D eigenvalue weighted by atomic mass is 10.2. The van der Waals surface area contributed by atoms with Gasteiger partial charge in [0.25, 0.3) is 0 Å². The monoisotopic (exact) mass is 273 g/mol. The summed E-state index contributed by atoms with van der Waals surface area (Å²) < 4.78 is 4.43. The second-order valence-electron chi connectivity index (χ2n) is 3.98. The highest BCUT2D eigenvalue weighted by Gasteiger charge is 2.36. The van der Waals surface area contributed by atoms with E-state index in [0.29, 0.717) is 0 Å². The number of nitrogens with one attached hydrogen (secondary N) is 2. The van der Waals surface area contributed by atoms with E-state index in [1.807, 2.05) is 0 Å². The first-order valence-electron chi connectivity index (χ1n) is 5.51. The van der Waals surface area contributed by atoms with Gasteiger partial charge in [-0.15, -0.1) is 0 Å². The summed E-state index contributed by atoms with van der Waals surface area (Å²) in [6, 6.07) is -2.90. The molecule has 1 rings (SSSR count). The fourth-order valence-corrected chi connectivity index (χ4v) is 1.58. The molecule has 0 aromatic carbocycles. The molecule has 1 aliphatic heterocycles. The number of hydrogen-bond acceptors (Lipinski definition) is 5. The summed E-state index contributed by atoms with van der Waals surface area (Å²) in [5, 5.41) is 13.6. The van der Waals surface area contributed by atoms with Crippen molar-refractivity contribution in [3.8, 4) is 0 Å². The first-order valence-corrected chi connectivity index (χ1v) is 5.51. The number of carboxylic acid groups (broad SMARTS) is 1. The second-order valence-corrected chi connectivity index (χ2v) is 3.98. The van der Waals surface area contributed by atoms with E-state index in [4.69, 9.17) is 5.11 Å². The molecule has 3 N–H and O–H groups in total. The van der Waals surface area contributed by atoms with Gasteiger partial charge in [-0.2, -0.15) is 0 Å². The van der Waals surface area contributed by atoms with Gasteiger partial charge in [0.05, 0.1) is 7.11 Å². The molecule has 9 nitrogen and oxygen atoms in total. The van der Waals surface area contributed by atoms with Gasteiger partial charge < -0.3 is 20.5 Å². The number of hydrogen-bond donors (Lipinski definition) is 3. The fourth-order valence-electron chi connectivity index (χ4n) is 1.58. The standard InChI is InChI=1S/C10H15N3O6/c1-5(9(17)19-2)12-10(18)13-4-7(14)11-3-6(13)8(15)16/h5-6H,3-4H2,1-2H3,(H,11,14)(H,12,18)(H,15,16). The highest BCUT2D eigenvalue weighted by molar-refractivity contribution is 5.92. The van der Waals surface area contributed by atoms with Gasteiger partial charge in [-0.25, -0.2) is 14.4 Å². The van der Waals surface area contributed by atoms with E-state index < -0.39 is 36.0 Å². The molecule has 0 spiro atoms. The third kappa shape index (κ3) is 3.57. The summed E-state index contributed by atoms with van der Waals surface area (Å²) in [7, 11) is 1.17. The third-order valence-corrected chi connectivity index (χ3v) is 2.62. The predicted octanol–water partition coefficient (Wildman–Crippen LogP) is -1.86. The molecule has 1 saturated heterocycles. The zero-order valence-electron chi connectivity index (χ0n) is 10.5. The van der Waals surface area contributed by atoms with Gasteiger partial charge in [0, 0.05) is 6.54 Å². The van der Waals surface area contributed by atoms with Gasteiger partial charge in [0.1, 0.15) is 18.6 Å². The molecular weight excluding hydrogens is 258 g/mol. The van der Waals surface area contributed by atoms with Crippen molar-refractivity contribution in [3.63, 3.8) is 0 Å². The largest absolute Gasteiger partial charge is 0.480 e. The molecule has 2 unspecified atom stereocenters. The minimum Gasteiger partial charge on any atom is -0.480 e. The van der Waals surface area contributed by atoms with Crippen LogP contribution in [0, 0.1) is 0 Å². The van der Waals surface area contributed by atoms with Gasteiger partial charge in [0.2, 0.25) is 5.91 Å². The number of esters is 1. The van der Waals surface area contributed by atoms with E-state index >= 15 is 0 Å².